The third kappa shape index (κ3) is 7.13. The Hall–Kier alpha value is -0.313. The molecule has 0 fully saturated rings. The van der Waals surface area contributed by atoms with Gasteiger partial charge in [0.1, 0.15) is 0 Å². The first-order valence-electron chi connectivity index (χ1n) is 5.79. The molecule has 0 bridgehead atoms. The zero-order valence-corrected chi connectivity index (χ0v) is 10.8. The zero-order valence-electron chi connectivity index (χ0n) is 9.77. The van der Waals surface area contributed by atoms with Crippen LogP contribution in [-0.4, -0.2) is 15.0 Å². The fourth-order valence-corrected chi connectivity index (χ4v) is 3.62. The third-order valence-corrected chi connectivity index (χ3v) is 4.50. The highest BCUT2D eigenvalue weighted by Gasteiger charge is 2.16. The SMILES string of the molecule is CCCC[Si](CCCC)OC(=O)CC. The van der Waals surface area contributed by atoms with Crippen LogP contribution in [0.1, 0.15) is 52.9 Å². The molecule has 0 atom stereocenters. The Bertz CT molecular complexity index is 140. The Balaban J connectivity index is 3.77. The molecular formula is C11H23O2Si. The maximum atomic E-state index is 11.2. The molecule has 0 amide bonds. The van der Waals surface area contributed by atoms with Gasteiger partial charge in [-0.25, -0.2) is 0 Å². The summed E-state index contributed by atoms with van der Waals surface area (Å²) >= 11 is 0. The number of unbranched alkanes of at least 4 members (excludes halogenated alkanes) is 2. The van der Waals surface area contributed by atoms with E-state index in [1.54, 1.807) is 0 Å². The van der Waals surface area contributed by atoms with Crippen LogP contribution in [0, 0.1) is 0 Å². The summed E-state index contributed by atoms with van der Waals surface area (Å²) in [6.45, 7) is 6.23. The van der Waals surface area contributed by atoms with E-state index in [2.05, 4.69) is 13.8 Å². The molecule has 0 saturated carbocycles. The quantitative estimate of drug-likeness (QED) is 0.579. The van der Waals surface area contributed by atoms with Crippen molar-refractivity contribution >= 4 is 15.0 Å². The molecule has 0 aromatic rings. The van der Waals surface area contributed by atoms with Crippen molar-refractivity contribution in [1.29, 1.82) is 0 Å². The molecule has 0 aliphatic carbocycles. The standard InChI is InChI=1S/C11H23O2Si/c1-4-7-9-14(10-8-5-2)13-11(12)6-3/h4-10H2,1-3H3. The first-order chi connectivity index (χ1) is 6.74. The van der Waals surface area contributed by atoms with E-state index < -0.39 is 9.04 Å². The Labute approximate surface area is 89.8 Å². The molecule has 3 heteroatoms. The van der Waals surface area contributed by atoms with Crippen LogP contribution >= 0.6 is 0 Å². The maximum Gasteiger partial charge on any atom is 0.292 e. The molecule has 14 heavy (non-hydrogen) atoms. The molecule has 0 aliphatic heterocycles. The maximum absolute atomic E-state index is 11.2. The number of carbonyl (C=O) groups is 1. The first kappa shape index (κ1) is 13.7. The van der Waals surface area contributed by atoms with Crippen molar-refractivity contribution in [2.45, 2.75) is 65.0 Å². The van der Waals surface area contributed by atoms with E-state index in [1.165, 1.54) is 25.7 Å². The fraction of sp³-hybridized carbons (Fsp3) is 0.909. The molecular weight excluding hydrogens is 192 g/mol. The van der Waals surface area contributed by atoms with E-state index in [4.69, 9.17) is 4.43 Å². The summed E-state index contributed by atoms with van der Waals surface area (Å²) in [5, 5.41) is 0. The van der Waals surface area contributed by atoms with Crippen LogP contribution in [0.5, 0.6) is 0 Å². The van der Waals surface area contributed by atoms with Gasteiger partial charge >= 0.3 is 0 Å². The van der Waals surface area contributed by atoms with Gasteiger partial charge in [-0.3, -0.25) is 4.79 Å². The summed E-state index contributed by atoms with van der Waals surface area (Å²) in [7, 11) is -0.831. The summed E-state index contributed by atoms with van der Waals surface area (Å²) in [6, 6.07) is 2.26. The molecule has 2 nitrogen and oxygen atoms in total. The van der Waals surface area contributed by atoms with Crippen molar-refractivity contribution in [3.05, 3.63) is 0 Å². The fourth-order valence-electron chi connectivity index (χ4n) is 1.21. The summed E-state index contributed by atoms with van der Waals surface area (Å²) < 4.78 is 5.47. The zero-order chi connectivity index (χ0) is 10.8. The molecule has 0 aromatic carbocycles. The van der Waals surface area contributed by atoms with Gasteiger partial charge in [-0.05, 0) is 12.1 Å². The van der Waals surface area contributed by atoms with Crippen molar-refractivity contribution < 1.29 is 9.22 Å². The van der Waals surface area contributed by atoms with E-state index in [1.807, 2.05) is 6.92 Å². The molecule has 0 heterocycles. The van der Waals surface area contributed by atoms with Gasteiger partial charge in [0.25, 0.3) is 15.0 Å². The summed E-state index contributed by atoms with van der Waals surface area (Å²) in [4.78, 5) is 11.2. The predicted octanol–water partition coefficient (Wildman–Crippen LogP) is 3.53. The lowest BCUT2D eigenvalue weighted by molar-refractivity contribution is -0.134. The van der Waals surface area contributed by atoms with Gasteiger partial charge in [0.2, 0.25) is 0 Å². The highest BCUT2D eigenvalue weighted by Crippen LogP contribution is 2.11. The van der Waals surface area contributed by atoms with Crippen LogP contribution in [0.4, 0.5) is 0 Å². The topological polar surface area (TPSA) is 26.3 Å². The second-order valence-electron chi connectivity index (χ2n) is 3.57. The predicted molar refractivity (Wildman–Crippen MR) is 61.6 cm³/mol. The van der Waals surface area contributed by atoms with Gasteiger partial charge in [-0.1, -0.05) is 46.5 Å². The number of hydrogen-bond acceptors (Lipinski definition) is 2. The Morgan fingerprint density at radius 3 is 1.93 bits per heavy atom. The first-order valence-corrected chi connectivity index (χ1v) is 7.62. The van der Waals surface area contributed by atoms with Crippen molar-refractivity contribution in [3.8, 4) is 0 Å². The van der Waals surface area contributed by atoms with Crippen molar-refractivity contribution in [2.75, 3.05) is 0 Å². The molecule has 0 rings (SSSR count). The number of carbonyl (C=O) groups excluding carboxylic acids is 1. The van der Waals surface area contributed by atoms with Crippen molar-refractivity contribution in [1.82, 2.24) is 0 Å². The highest BCUT2D eigenvalue weighted by atomic mass is 28.3. The number of rotatable bonds is 8. The lowest BCUT2D eigenvalue weighted by Gasteiger charge is -2.13. The van der Waals surface area contributed by atoms with E-state index in [-0.39, 0.29) is 5.97 Å². The summed E-state index contributed by atoms with van der Waals surface area (Å²) in [5.74, 6) is -0.00825. The average Bonchev–Trinajstić information content (AvgIpc) is 2.21. The molecule has 0 N–H and O–H groups in total. The van der Waals surface area contributed by atoms with Crippen LogP contribution < -0.4 is 0 Å². The van der Waals surface area contributed by atoms with E-state index in [9.17, 15) is 4.79 Å². The van der Waals surface area contributed by atoms with E-state index in [0.717, 1.165) is 12.1 Å². The second-order valence-corrected chi connectivity index (χ2v) is 5.85. The normalized spacial score (nSPS) is 10.6. The van der Waals surface area contributed by atoms with E-state index >= 15 is 0 Å². The largest absolute Gasteiger partial charge is 0.518 e. The minimum atomic E-state index is -0.831. The van der Waals surface area contributed by atoms with E-state index in [0.29, 0.717) is 6.42 Å². The van der Waals surface area contributed by atoms with Gasteiger partial charge in [-0.2, -0.15) is 0 Å². The van der Waals surface area contributed by atoms with Crippen molar-refractivity contribution in [2.24, 2.45) is 0 Å². The Kier molecular flexibility index (Phi) is 9.04. The minimum absolute atomic E-state index is 0.00825. The molecule has 0 unspecified atom stereocenters. The molecule has 0 aliphatic rings. The van der Waals surface area contributed by atoms with Crippen LogP contribution in [0.15, 0.2) is 0 Å². The minimum Gasteiger partial charge on any atom is -0.518 e. The summed E-state index contributed by atoms with van der Waals surface area (Å²) in [6.07, 6.45) is 5.32. The van der Waals surface area contributed by atoms with Gasteiger partial charge in [0.05, 0.1) is 0 Å². The van der Waals surface area contributed by atoms with Crippen LogP contribution in [0.25, 0.3) is 0 Å². The summed E-state index contributed by atoms with van der Waals surface area (Å²) in [5.41, 5.74) is 0. The van der Waals surface area contributed by atoms with Crippen LogP contribution in [0.3, 0.4) is 0 Å². The molecule has 0 saturated heterocycles. The molecule has 0 spiro atoms. The average molecular weight is 215 g/mol. The second kappa shape index (κ2) is 9.25. The van der Waals surface area contributed by atoms with Gasteiger partial charge in [0.15, 0.2) is 0 Å². The lowest BCUT2D eigenvalue weighted by atomic mass is 10.4. The van der Waals surface area contributed by atoms with Crippen LogP contribution in [0.2, 0.25) is 12.1 Å². The van der Waals surface area contributed by atoms with Gasteiger partial charge < -0.3 is 4.43 Å². The van der Waals surface area contributed by atoms with Crippen LogP contribution in [-0.2, 0) is 9.22 Å². The lowest BCUT2D eigenvalue weighted by Crippen LogP contribution is -2.21. The monoisotopic (exact) mass is 215 g/mol. The number of hydrogen-bond donors (Lipinski definition) is 0. The smallest absolute Gasteiger partial charge is 0.292 e. The third-order valence-electron chi connectivity index (χ3n) is 2.17. The van der Waals surface area contributed by atoms with Gasteiger partial charge in [0, 0.05) is 6.42 Å². The van der Waals surface area contributed by atoms with Crippen molar-refractivity contribution in [3.63, 3.8) is 0 Å². The molecule has 0 aromatic heterocycles. The highest BCUT2D eigenvalue weighted by molar-refractivity contribution is 6.53. The Morgan fingerprint density at radius 2 is 1.57 bits per heavy atom. The molecule has 1 radical (unpaired) electrons. The van der Waals surface area contributed by atoms with Gasteiger partial charge in [-0.15, -0.1) is 0 Å². The Morgan fingerprint density at radius 1 is 1.07 bits per heavy atom. The molecule has 83 valence electrons.